The fourth-order valence-electron chi connectivity index (χ4n) is 4.84. The van der Waals surface area contributed by atoms with Crippen molar-refractivity contribution in [1.29, 1.82) is 0 Å². The Labute approximate surface area is 186 Å². The molecule has 2 heterocycles. The second-order valence-corrected chi connectivity index (χ2v) is 9.00. The van der Waals surface area contributed by atoms with Crippen LogP contribution in [0.5, 0.6) is 0 Å². The zero-order valence-electron chi connectivity index (χ0n) is 18.1. The Kier molecular flexibility index (Phi) is 5.99. The van der Waals surface area contributed by atoms with Crippen molar-refractivity contribution in [2.45, 2.75) is 57.4 Å². The maximum atomic E-state index is 12.8. The normalized spacial score (nSPS) is 27.5. The summed E-state index contributed by atoms with van der Waals surface area (Å²) in [6.07, 6.45) is 4.09. The Morgan fingerprint density at radius 2 is 1.69 bits per heavy atom. The molecular weight excluding hydrogens is 412 g/mol. The van der Waals surface area contributed by atoms with Gasteiger partial charge in [0.1, 0.15) is 5.54 Å². The van der Waals surface area contributed by atoms with Gasteiger partial charge in [-0.25, -0.2) is 4.79 Å². The monoisotopic (exact) mass is 440 g/mol. The molecule has 0 bridgehead atoms. The molecule has 2 saturated heterocycles. The number of carbonyl (C=O) groups excluding carboxylic acids is 5. The Bertz CT molecular complexity index is 925. The molecule has 3 aliphatic rings. The van der Waals surface area contributed by atoms with Crippen LogP contribution in [0.3, 0.4) is 0 Å². The van der Waals surface area contributed by atoms with E-state index in [2.05, 4.69) is 10.7 Å². The van der Waals surface area contributed by atoms with E-state index in [0.29, 0.717) is 30.7 Å². The van der Waals surface area contributed by atoms with Gasteiger partial charge in [0.05, 0.1) is 11.8 Å². The number of carbonyl (C=O) groups is 5. The van der Waals surface area contributed by atoms with Crippen LogP contribution >= 0.6 is 0 Å². The first-order valence-corrected chi connectivity index (χ1v) is 11.2. The van der Waals surface area contributed by atoms with Crippen molar-refractivity contribution in [3.8, 4) is 0 Å². The molecule has 6 amide bonds. The van der Waals surface area contributed by atoms with Crippen LogP contribution in [0, 0.1) is 11.8 Å². The van der Waals surface area contributed by atoms with E-state index >= 15 is 0 Å². The Balaban J connectivity index is 1.31. The van der Waals surface area contributed by atoms with E-state index in [0.717, 1.165) is 23.3 Å². The van der Waals surface area contributed by atoms with E-state index in [1.54, 1.807) is 6.92 Å². The minimum atomic E-state index is -1.13. The summed E-state index contributed by atoms with van der Waals surface area (Å²) in [6.45, 7) is 1.58. The maximum absolute atomic E-state index is 12.8. The summed E-state index contributed by atoms with van der Waals surface area (Å²) in [7, 11) is 0. The quantitative estimate of drug-likeness (QED) is 0.493. The maximum Gasteiger partial charge on any atom is 0.344 e. The van der Waals surface area contributed by atoms with Crippen molar-refractivity contribution in [1.82, 2.24) is 20.7 Å². The lowest BCUT2D eigenvalue weighted by atomic mass is 9.81. The highest BCUT2D eigenvalue weighted by atomic mass is 16.2. The molecule has 2 aliphatic heterocycles. The van der Waals surface area contributed by atoms with Gasteiger partial charge >= 0.3 is 6.03 Å². The molecule has 3 atom stereocenters. The van der Waals surface area contributed by atoms with E-state index in [-0.39, 0.29) is 36.6 Å². The minimum absolute atomic E-state index is 0.0502. The SMILES string of the molecule is CC1(CCc2ccccc2)NC(=O)N(NC(=O)CCN2C(=O)C3CCCCC3C2=O)C1=O. The number of hydrogen-bond acceptors (Lipinski definition) is 5. The zero-order valence-corrected chi connectivity index (χ0v) is 18.1. The van der Waals surface area contributed by atoms with Crippen LogP contribution in [0.15, 0.2) is 30.3 Å². The molecule has 1 aromatic rings. The molecular formula is C23H28N4O5. The number of amides is 6. The standard InChI is InChI=1S/C23H28N4O5/c1-23(13-11-15-7-3-2-4-8-15)21(31)27(22(32)24-23)25-18(28)12-14-26-19(29)16-9-5-6-10-17(16)20(26)30/h2-4,7-8,16-17H,5-6,9-14H2,1H3,(H,24,32)(H,25,28). The van der Waals surface area contributed by atoms with Gasteiger partial charge < -0.3 is 5.32 Å². The number of imide groups is 2. The van der Waals surface area contributed by atoms with Crippen molar-refractivity contribution in [2.24, 2.45) is 11.8 Å². The summed E-state index contributed by atoms with van der Waals surface area (Å²) in [4.78, 5) is 63.8. The second-order valence-electron chi connectivity index (χ2n) is 9.00. The van der Waals surface area contributed by atoms with Crippen LogP contribution in [0.25, 0.3) is 0 Å². The van der Waals surface area contributed by atoms with Crippen LogP contribution in [0.4, 0.5) is 4.79 Å². The molecule has 3 fully saturated rings. The van der Waals surface area contributed by atoms with Gasteiger partial charge in [-0.1, -0.05) is 43.2 Å². The molecule has 4 rings (SSSR count). The second kappa shape index (κ2) is 8.72. The molecule has 170 valence electrons. The number of hydrogen-bond donors (Lipinski definition) is 2. The van der Waals surface area contributed by atoms with Crippen molar-refractivity contribution < 1.29 is 24.0 Å². The lowest BCUT2D eigenvalue weighted by Gasteiger charge is -2.22. The predicted molar refractivity (Wildman–Crippen MR) is 113 cm³/mol. The number of fused-ring (bicyclic) bond motifs is 1. The van der Waals surface area contributed by atoms with Gasteiger partial charge in [-0.05, 0) is 38.2 Å². The first-order chi connectivity index (χ1) is 15.3. The lowest BCUT2D eigenvalue weighted by Crippen LogP contribution is -2.49. The highest BCUT2D eigenvalue weighted by molar-refractivity contribution is 6.08. The van der Waals surface area contributed by atoms with E-state index in [1.165, 1.54) is 0 Å². The number of urea groups is 1. The molecule has 32 heavy (non-hydrogen) atoms. The molecule has 3 unspecified atom stereocenters. The van der Waals surface area contributed by atoms with Gasteiger partial charge in [0.25, 0.3) is 5.91 Å². The van der Waals surface area contributed by atoms with E-state index in [4.69, 9.17) is 0 Å². The number of benzene rings is 1. The Morgan fingerprint density at radius 3 is 2.31 bits per heavy atom. The number of rotatable bonds is 7. The molecule has 0 radical (unpaired) electrons. The van der Waals surface area contributed by atoms with Crippen LogP contribution in [-0.2, 0) is 25.6 Å². The molecule has 0 spiro atoms. The third-order valence-corrected chi connectivity index (χ3v) is 6.75. The highest BCUT2D eigenvalue weighted by Crippen LogP contribution is 2.38. The number of likely N-dealkylation sites (tertiary alicyclic amines) is 1. The average molecular weight is 441 g/mol. The number of hydrazine groups is 1. The van der Waals surface area contributed by atoms with Crippen LogP contribution in [-0.4, -0.2) is 51.7 Å². The van der Waals surface area contributed by atoms with Crippen LogP contribution in [0.2, 0.25) is 0 Å². The summed E-state index contributed by atoms with van der Waals surface area (Å²) in [6, 6.07) is 8.91. The smallest absolute Gasteiger partial charge is 0.322 e. The fraction of sp³-hybridized carbons (Fsp3) is 0.522. The van der Waals surface area contributed by atoms with Gasteiger partial charge in [0, 0.05) is 13.0 Å². The summed E-state index contributed by atoms with van der Waals surface area (Å²) in [5.41, 5.74) is 2.24. The molecule has 9 heteroatoms. The summed E-state index contributed by atoms with van der Waals surface area (Å²) in [5.74, 6) is -2.10. The first-order valence-electron chi connectivity index (χ1n) is 11.2. The molecule has 9 nitrogen and oxygen atoms in total. The van der Waals surface area contributed by atoms with Crippen molar-refractivity contribution in [3.05, 3.63) is 35.9 Å². The number of nitrogens with one attached hydrogen (secondary N) is 2. The summed E-state index contributed by atoms with van der Waals surface area (Å²) >= 11 is 0. The van der Waals surface area contributed by atoms with Crippen molar-refractivity contribution in [2.75, 3.05) is 6.54 Å². The number of nitrogens with zero attached hydrogens (tertiary/aromatic N) is 2. The summed E-state index contributed by atoms with van der Waals surface area (Å²) < 4.78 is 0. The predicted octanol–water partition coefficient (Wildman–Crippen LogP) is 1.53. The average Bonchev–Trinajstić information content (AvgIpc) is 3.16. The third-order valence-electron chi connectivity index (χ3n) is 6.75. The van der Waals surface area contributed by atoms with Gasteiger partial charge in [0.2, 0.25) is 17.7 Å². The first kappa shape index (κ1) is 22.0. The zero-order chi connectivity index (χ0) is 22.9. The third kappa shape index (κ3) is 4.11. The van der Waals surface area contributed by atoms with Crippen molar-refractivity contribution >= 4 is 29.7 Å². The lowest BCUT2D eigenvalue weighted by molar-refractivity contribution is -0.142. The molecule has 1 aromatic carbocycles. The molecule has 2 N–H and O–H groups in total. The van der Waals surface area contributed by atoms with Crippen LogP contribution in [0.1, 0.15) is 51.0 Å². The summed E-state index contributed by atoms with van der Waals surface area (Å²) in [5, 5.41) is 3.35. The molecule has 0 aromatic heterocycles. The number of aryl methyl sites for hydroxylation is 1. The molecule has 1 saturated carbocycles. The molecule has 1 aliphatic carbocycles. The highest BCUT2D eigenvalue weighted by Gasteiger charge is 2.49. The fourth-order valence-corrected chi connectivity index (χ4v) is 4.84. The van der Waals surface area contributed by atoms with Crippen LogP contribution < -0.4 is 10.7 Å². The van der Waals surface area contributed by atoms with E-state index in [1.807, 2.05) is 30.3 Å². The van der Waals surface area contributed by atoms with E-state index in [9.17, 15) is 24.0 Å². The van der Waals surface area contributed by atoms with Gasteiger partial charge in [0.15, 0.2) is 0 Å². The van der Waals surface area contributed by atoms with Gasteiger partial charge in [-0.15, -0.1) is 0 Å². The van der Waals surface area contributed by atoms with Gasteiger partial charge in [-0.2, -0.15) is 5.01 Å². The van der Waals surface area contributed by atoms with E-state index < -0.39 is 23.4 Å². The van der Waals surface area contributed by atoms with Crippen molar-refractivity contribution in [3.63, 3.8) is 0 Å². The van der Waals surface area contributed by atoms with Gasteiger partial charge in [-0.3, -0.25) is 29.5 Å². The largest absolute Gasteiger partial charge is 0.344 e. The Hall–Kier alpha value is -3.23. The topological polar surface area (TPSA) is 116 Å². The Morgan fingerprint density at radius 1 is 1.06 bits per heavy atom. The minimum Gasteiger partial charge on any atom is -0.322 e.